The second-order valence-corrected chi connectivity index (χ2v) is 4.87. The predicted octanol–water partition coefficient (Wildman–Crippen LogP) is 1.70. The zero-order valence-corrected chi connectivity index (χ0v) is 11.5. The standard InChI is InChI=1S/C15H19NO4/c1-2-11-5-7-12(8-6-11)20-10-14(17)16-9-3-4-13(16)15(18)19/h5-8,13H,2-4,9-10H2,1H3,(H,18,19)/t13-/m1/s1. The highest BCUT2D eigenvalue weighted by Gasteiger charge is 2.33. The van der Waals surface area contributed by atoms with Crippen molar-refractivity contribution in [3.63, 3.8) is 0 Å². The van der Waals surface area contributed by atoms with Crippen molar-refractivity contribution >= 4 is 11.9 Å². The average Bonchev–Trinajstić information content (AvgIpc) is 2.95. The molecule has 1 aromatic carbocycles. The highest BCUT2D eigenvalue weighted by molar-refractivity contribution is 5.85. The molecule has 0 unspecified atom stereocenters. The van der Waals surface area contributed by atoms with E-state index in [-0.39, 0.29) is 12.5 Å². The summed E-state index contributed by atoms with van der Waals surface area (Å²) in [6.45, 7) is 2.45. The Hall–Kier alpha value is -2.04. The van der Waals surface area contributed by atoms with Crippen LogP contribution in [0.2, 0.25) is 0 Å². The molecule has 0 aliphatic carbocycles. The first kappa shape index (κ1) is 14.4. The number of amides is 1. The van der Waals surface area contributed by atoms with Crippen molar-refractivity contribution in [2.24, 2.45) is 0 Å². The third kappa shape index (κ3) is 3.29. The van der Waals surface area contributed by atoms with Gasteiger partial charge in [0.2, 0.25) is 0 Å². The number of benzene rings is 1. The molecule has 1 atom stereocenters. The van der Waals surface area contributed by atoms with Gasteiger partial charge >= 0.3 is 5.97 Å². The lowest BCUT2D eigenvalue weighted by Gasteiger charge is -2.21. The van der Waals surface area contributed by atoms with Crippen molar-refractivity contribution in [1.82, 2.24) is 4.90 Å². The van der Waals surface area contributed by atoms with E-state index in [9.17, 15) is 9.59 Å². The van der Waals surface area contributed by atoms with Crippen LogP contribution in [-0.2, 0) is 16.0 Å². The van der Waals surface area contributed by atoms with Crippen molar-refractivity contribution in [3.05, 3.63) is 29.8 Å². The van der Waals surface area contributed by atoms with Crippen molar-refractivity contribution in [1.29, 1.82) is 0 Å². The molecule has 1 aliphatic heterocycles. The van der Waals surface area contributed by atoms with E-state index in [1.165, 1.54) is 10.5 Å². The molecule has 1 saturated heterocycles. The van der Waals surface area contributed by atoms with E-state index in [0.29, 0.717) is 18.7 Å². The summed E-state index contributed by atoms with van der Waals surface area (Å²) in [5.41, 5.74) is 1.20. The minimum absolute atomic E-state index is 0.116. The molecular formula is C15H19NO4. The average molecular weight is 277 g/mol. The molecule has 20 heavy (non-hydrogen) atoms. The minimum Gasteiger partial charge on any atom is -0.484 e. The van der Waals surface area contributed by atoms with E-state index in [1.807, 2.05) is 24.3 Å². The normalized spacial score (nSPS) is 18.1. The van der Waals surface area contributed by atoms with Crippen LogP contribution in [0.4, 0.5) is 0 Å². The van der Waals surface area contributed by atoms with E-state index in [4.69, 9.17) is 9.84 Å². The van der Waals surface area contributed by atoms with Crippen LogP contribution >= 0.6 is 0 Å². The van der Waals surface area contributed by atoms with Crippen molar-refractivity contribution in [3.8, 4) is 5.75 Å². The summed E-state index contributed by atoms with van der Waals surface area (Å²) in [6.07, 6.45) is 2.20. The molecule has 5 heteroatoms. The topological polar surface area (TPSA) is 66.8 Å². The van der Waals surface area contributed by atoms with Crippen molar-refractivity contribution in [2.45, 2.75) is 32.2 Å². The molecule has 1 fully saturated rings. The number of aryl methyl sites for hydroxylation is 1. The molecule has 0 radical (unpaired) electrons. The fourth-order valence-corrected chi connectivity index (χ4v) is 2.37. The number of nitrogens with zero attached hydrogens (tertiary/aromatic N) is 1. The first-order valence-electron chi connectivity index (χ1n) is 6.86. The number of hydrogen-bond donors (Lipinski definition) is 1. The van der Waals surface area contributed by atoms with E-state index in [0.717, 1.165) is 12.8 Å². The number of carboxylic acids is 1. The molecule has 1 N–H and O–H groups in total. The van der Waals surface area contributed by atoms with Gasteiger partial charge in [-0.2, -0.15) is 0 Å². The van der Waals surface area contributed by atoms with Gasteiger partial charge in [-0.05, 0) is 37.0 Å². The van der Waals surface area contributed by atoms with Crippen LogP contribution in [0.1, 0.15) is 25.3 Å². The molecular weight excluding hydrogens is 258 g/mol. The Labute approximate surface area is 118 Å². The Morgan fingerprint density at radius 2 is 2.05 bits per heavy atom. The summed E-state index contributed by atoms with van der Waals surface area (Å²) >= 11 is 0. The molecule has 1 heterocycles. The van der Waals surface area contributed by atoms with Gasteiger partial charge in [0.1, 0.15) is 11.8 Å². The Bertz CT molecular complexity index is 483. The third-order valence-corrected chi connectivity index (χ3v) is 3.55. The number of carbonyl (C=O) groups is 2. The monoisotopic (exact) mass is 277 g/mol. The van der Waals surface area contributed by atoms with Gasteiger partial charge in [0.05, 0.1) is 0 Å². The SMILES string of the molecule is CCc1ccc(OCC(=O)N2CCC[C@@H]2C(=O)O)cc1. The lowest BCUT2D eigenvalue weighted by atomic mass is 10.2. The van der Waals surface area contributed by atoms with Crippen LogP contribution in [0.5, 0.6) is 5.75 Å². The number of hydrogen-bond acceptors (Lipinski definition) is 3. The predicted molar refractivity (Wildman–Crippen MR) is 73.7 cm³/mol. The zero-order valence-electron chi connectivity index (χ0n) is 11.5. The molecule has 5 nitrogen and oxygen atoms in total. The maximum Gasteiger partial charge on any atom is 0.326 e. The highest BCUT2D eigenvalue weighted by atomic mass is 16.5. The van der Waals surface area contributed by atoms with Crippen LogP contribution in [0, 0.1) is 0 Å². The second kappa shape index (κ2) is 6.41. The summed E-state index contributed by atoms with van der Waals surface area (Å²) in [7, 11) is 0. The molecule has 108 valence electrons. The van der Waals surface area contributed by atoms with E-state index in [1.54, 1.807) is 0 Å². The summed E-state index contributed by atoms with van der Waals surface area (Å²) in [6, 6.07) is 6.86. The Balaban J connectivity index is 1.89. The maximum atomic E-state index is 12.0. The molecule has 0 spiro atoms. The van der Waals surface area contributed by atoms with Crippen molar-refractivity contribution < 1.29 is 19.4 Å². The number of rotatable bonds is 5. The van der Waals surface area contributed by atoms with Gasteiger partial charge in [-0.15, -0.1) is 0 Å². The molecule has 2 rings (SSSR count). The van der Waals surface area contributed by atoms with Crippen LogP contribution in [0.25, 0.3) is 0 Å². The Morgan fingerprint density at radius 3 is 2.65 bits per heavy atom. The summed E-state index contributed by atoms with van der Waals surface area (Å²) in [5.74, 6) is -0.584. The zero-order chi connectivity index (χ0) is 14.5. The van der Waals surface area contributed by atoms with Crippen molar-refractivity contribution in [2.75, 3.05) is 13.2 Å². The molecule has 0 aromatic heterocycles. The summed E-state index contributed by atoms with van der Waals surface area (Å²) < 4.78 is 5.42. The number of aliphatic carboxylic acids is 1. The second-order valence-electron chi connectivity index (χ2n) is 4.87. The van der Waals surface area contributed by atoms with Gasteiger partial charge in [-0.1, -0.05) is 19.1 Å². The summed E-state index contributed by atoms with van der Waals surface area (Å²) in [4.78, 5) is 24.4. The molecule has 1 amide bonds. The van der Waals surface area contributed by atoms with E-state index < -0.39 is 12.0 Å². The number of carbonyl (C=O) groups excluding carboxylic acids is 1. The first-order valence-corrected chi connectivity index (χ1v) is 6.86. The first-order chi connectivity index (χ1) is 9.61. The maximum absolute atomic E-state index is 12.0. The number of ether oxygens (including phenoxy) is 1. The van der Waals surface area contributed by atoms with Gasteiger partial charge in [0.25, 0.3) is 5.91 Å². The largest absolute Gasteiger partial charge is 0.484 e. The van der Waals surface area contributed by atoms with Gasteiger partial charge in [-0.25, -0.2) is 4.79 Å². The fourth-order valence-electron chi connectivity index (χ4n) is 2.37. The van der Waals surface area contributed by atoms with Crippen LogP contribution < -0.4 is 4.74 Å². The van der Waals surface area contributed by atoms with E-state index >= 15 is 0 Å². The lowest BCUT2D eigenvalue weighted by Crippen LogP contribution is -2.42. The highest BCUT2D eigenvalue weighted by Crippen LogP contribution is 2.18. The van der Waals surface area contributed by atoms with Gasteiger partial charge in [0.15, 0.2) is 6.61 Å². The van der Waals surface area contributed by atoms with Crippen LogP contribution in [-0.4, -0.2) is 41.1 Å². The van der Waals surface area contributed by atoms with Gasteiger partial charge in [-0.3, -0.25) is 4.79 Å². The lowest BCUT2D eigenvalue weighted by molar-refractivity contribution is -0.148. The molecule has 0 saturated carbocycles. The van der Waals surface area contributed by atoms with Gasteiger partial charge < -0.3 is 14.7 Å². The quantitative estimate of drug-likeness (QED) is 0.889. The van der Waals surface area contributed by atoms with Crippen LogP contribution in [0.15, 0.2) is 24.3 Å². The smallest absolute Gasteiger partial charge is 0.326 e. The third-order valence-electron chi connectivity index (χ3n) is 3.55. The minimum atomic E-state index is -0.942. The number of carboxylic acid groups (broad SMARTS) is 1. The Kier molecular flexibility index (Phi) is 4.61. The summed E-state index contributed by atoms with van der Waals surface area (Å²) in [5, 5.41) is 9.04. The molecule has 1 aromatic rings. The van der Waals surface area contributed by atoms with Gasteiger partial charge in [0, 0.05) is 6.54 Å². The molecule has 1 aliphatic rings. The Morgan fingerprint density at radius 1 is 1.35 bits per heavy atom. The molecule has 0 bridgehead atoms. The van der Waals surface area contributed by atoms with Crippen LogP contribution in [0.3, 0.4) is 0 Å². The number of likely N-dealkylation sites (tertiary alicyclic amines) is 1. The van der Waals surface area contributed by atoms with E-state index in [2.05, 4.69) is 6.92 Å². The fraction of sp³-hybridized carbons (Fsp3) is 0.467.